The summed E-state index contributed by atoms with van der Waals surface area (Å²) in [5.41, 5.74) is 0. The van der Waals surface area contributed by atoms with Crippen molar-refractivity contribution >= 4 is 5.97 Å². The van der Waals surface area contributed by atoms with Crippen LogP contribution in [0, 0.1) is 28.6 Å². The monoisotopic (exact) mass is 166 g/mol. The fourth-order valence-corrected chi connectivity index (χ4v) is 0.798. The number of ether oxygens (including phenoxy) is 1. The molecule has 0 aliphatic rings. The maximum Gasteiger partial charge on any atom is 0.302 e. The van der Waals surface area contributed by atoms with E-state index in [9.17, 15) is 4.79 Å². The fraction of sp³-hybridized carbons (Fsp3) is 0.625. The summed E-state index contributed by atoms with van der Waals surface area (Å²) in [4.78, 5) is 10.4. The first kappa shape index (κ1) is 10.4. The molecule has 0 aromatic rings. The van der Waals surface area contributed by atoms with Gasteiger partial charge in [-0.1, -0.05) is 0 Å². The molecule has 0 aliphatic heterocycles. The van der Waals surface area contributed by atoms with Crippen LogP contribution in [0.1, 0.15) is 20.3 Å². The molecule has 0 aromatic carbocycles. The summed E-state index contributed by atoms with van der Waals surface area (Å²) in [5, 5.41) is 16.8. The van der Waals surface area contributed by atoms with E-state index in [2.05, 4.69) is 0 Å². The highest BCUT2D eigenvalue weighted by molar-refractivity contribution is 5.66. The Bertz CT molecular complexity index is 222. The van der Waals surface area contributed by atoms with E-state index in [0.717, 1.165) is 0 Å². The van der Waals surface area contributed by atoms with Gasteiger partial charge in [0.05, 0.1) is 12.1 Å². The quantitative estimate of drug-likeness (QED) is 0.586. The van der Waals surface area contributed by atoms with Crippen molar-refractivity contribution < 1.29 is 9.53 Å². The molecule has 0 heterocycles. The Morgan fingerprint density at radius 2 is 2.00 bits per heavy atom. The summed E-state index contributed by atoms with van der Waals surface area (Å²) in [7, 11) is 0. The summed E-state index contributed by atoms with van der Waals surface area (Å²) < 4.78 is 4.74. The van der Waals surface area contributed by atoms with Gasteiger partial charge in [-0.05, 0) is 6.92 Å². The normalized spacial score (nSPS) is 11.4. The van der Waals surface area contributed by atoms with Gasteiger partial charge in [-0.2, -0.15) is 10.5 Å². The van der Waals surface area contributed by atoms with E-state index in [0.29, 0.717) is 0 Å². The SMILES string of the molecule is CC(=O)OC(C)CC(C#N)C#N. The van der Waals surface area contributed by atoms with Gasteiger partial charge in [-0.15, -0.1) is 0 Å². The highest BCUT2D eigenvalue weighted by Crippen LogP contribution is 2.07. The lowest BCUT2D eigenvalue weighted by Gasteiger charge is -2.10. The number of carbonyl (C=O) groups is 1. The molecule has 0 saturated carbocycles. The van der Waals surface area contributed by atoms with E-state index < -0.39 is 11.9 Å². The topological polar surface area (TPSA) is 73.9 Å². The molecule has 64 valence electrons. The highest BCUT2D eigenvalue weighted by atomic mass is 16.5. The standard InChI is InChI=1S/C8H10N2O2/c1-6(12-7(2)11)3-8(4-9)5-10/h6,8H,3H2,1-2H3. The molecule has 4 heteroatoms. The van der Waals surface area contributed by atoms with Crippen molar-refractivity contribution in [1.29, 1.82) is 10.5 Å². The lowest BCUT2D eigenvalue weighted by Crippen LogP contribution is -2.15. The molecule has 4 nitrogen and oxygen atoms in total. The van der Waals surface area contributed by atoms with Gasteiger partial charge in [0, 0.05) is 13.3 Å². The second-order valence-electron chi connectivity index (χ2n) is 2.47. The van der Waals surface area contributed by atoms with Gasteiger partial charge >= 0.3 is 5.97 Å². The number of hydrogen-bond acceptors (Lipinski definition) is 4. The Labute approximate surface area is 71.4 Å². The van der Waals surface area contributed by atoms with Crippen LogP contribution in [0.4, 0.5) is 0 Å². The summed E-state index contributed by atoms with van der Waals surface area (Å²) in [6.07, 6.45) is -0.0983. The van der Waals surface area contributed by atoms with Gasteiger partial charge in [-0.25, -0.2) is 0 Å². The van der Waals surface area contributed by atoms with Crippen molar-refractivity contribution in [1.82, 2.24) is 0 Å². The minimum absolute atomic E-state index is 0.270. The predicted molar refractivity (Wildman–Crippen MR) is 40.6 cm³/mol. The third-order valence-corrected chi connectivity index (χ3v) is 1.25. The zero-order valence-corrected chi connectivity index (χ0v) is 7.07. The van der Waals surface area contributed by atoms with Crippen molar-refractivity contribution in [3.05, 3.63) is 0 Å². The lowest BCUT2D eigenvalue weighted by atomic mass is 10.1. The zero-order valence-electron chi connectivity index (χ0n) is 7.07. The molecule has 12 heavy (non-hydrogen) atoms. The van der Waals surface area contributed by atoms with Gasteiger partial charge in [-0.3, -0.25) is 4.79 Å². The second-order valence-corrected chi connectivity index (χ2v) is 2.47. The zero-order chi connectivity index (χ0) is 9.56. The molecule has 0 fully saturated rings. The van der Waals surface area contributed by atoms with E-state index in [1.165, 1.54) is 6.92 Å². The van der Waals surface area contributed by atoms with Gasteiger partial charge in [0.1, 0.15) is 12.0 Å². The minimum Gasteiger partial charge on any atom is -0.463 e. The average molecular weight is 166 g/mol. The molecule has 0 saturated heterocycles. The predicted octanol–water partition coefficient (Wildman–Crippen LogP) is 0.991. The first-order valence-electron chi connectivity index (χ1n) is 3.56. The smallest absolute Gasteiger partial charge is 0.302 e. The molecule has 0 N–H and O–H groups in total. The largest absolute Gasteiger partial charge is 0.463 e. The molecule has 1 unspecified atom stereocenters. The van der Waals surface area contributed by atoms with Gasteiger partial charge in [0.25, 0.3) is 0 Å². The Morgan fingerprint density at radius 3 is 2.33 bits per heavy atom. The number of nitriles is 2. The van der Waals surface area contributed by atoms with Crippen LogP contribution in [0.5, 0.6) is 0 Å². The van der Waals surface area contributed by atoms with Gasteiger partial charge in [0.2, 0.25) is 0 Å². The number of hydrogen-bond donors (Lipinski definition) is 0. The second kappa shape index (κ2) is 5.15. The summed E-state index contributed by atoms with van der Waals surface area (Å²) >= 11 is 0. The number of esters is 1. The Morgan fingerprint density at radius 1 is 1.50 bits per heavy atom. The van der Waals surface area contributed by atoms with Crippen LogP contribution < -0.4 is 0 Å². The molecular weight excluding hydrogens is 156 g/mol. The van der Waals surface area contributed by atoms with E-state index in [-0.39, 0.29) is 12.5 Å². The van der Waals surface area contributed by atoms with E-state index in [1.54, 1.807) is 19.1 Å². The van der Waals surface area contributed by atoms with Crippen LogP contribution in [0.2, 0.25) is 0 Å². The van der Waals surface area contributed by atoms with Gasteiger partial charge < -0.3 is 4.74 Å². The van der Waals surface area contributed by atoms with Crippen molar-refractivity contribution in [3.63, 3.8) is 0 Å². The molecule has 0 spiro atoms. The highest BCUT2D eigenvalue weighted by Gasteiger charge is 2.13. The van der Waals surface area contributed by atoms with Crippen LogP contribution in [-0.2, 0) is 9.53 Å². The first-order chi connectivity index (χ1) is 5.60. The Hall–Kier alpha value is -1.55. The van der Waals surface area contributed by atoms with Crippen LogP contribution in [0.15, 0.2) is 0 Å². The molecule has 0 bridgehead atoms. The number of nitrogens with zero attached hydrogens (tertiary/aromatic N) is 2. The van der Waals surface area contributed by atoms with Crippen molar-refractivity contribution in [3.8, 4) is 12.1 Å². The Kier molecular flexibility index (Phi) is 4.48. The van der Waals surface area contributed by atoms with E-state index in [4.69, 9.17) is 15.3 Å². The molecule has 0 aromatic heterocycles. The van der Waals surface area contributed by atoms with Crippen molar-refractivity contribution in [2.24, 2.45) is 5.92 Å². The molecule has 0 rings (SSSR count). The lowest BCUT2D eigenvalue weighted by molar-refractivity contribution is -0.145. The summed E-state index contributed by atoms with van der Waals surface area (Å²) in [5.74, 6) is -1.09. The fourth-order valence-electron chi connectivity index (χ4n) is 0.798. The summed E-state index contributed by atoms with van der Waals surface area (Å²) in [6.45, 7) is 2.95. The van der Waals surface area contributed by atoms with Crippen molar-refractivity contribution in [2.75, 3.05) is 0 Å². The maximum atomic E-state index is 10.4. The molecule has 0 radical (unpaired) electrons. The minimum atomic E-state index is -0.695. The third kappa shape index (κ3) is 4.29. The first-order valence-corrected chi connectivity index (χ1v) is 3.56. The van der Waals surface area contributed by atoms with Crippen molar-refractivity contribution in [2.45, 2.75) is 26.4 Å². The average Bonchev–Trinajstić information content (AvgIpc) is 1.98. The Balaban J connectivity index is 3.86. The third-order valence-electron chi connectivity index (χ3n) is 1.25. The van der Waals surface area contributed by atoms with Crippen LogP contribution >= 0.6 is 0 Å². The van der Waals surface area contributed by atoms with E-state index in [1.807, 2.05) is 0 Å². The molecular formula is C8H10N2O2. The molecule has 1 atom stereocenters. The molecule has 0 amide bonds. The number of carbonyl (C=O) groups excluding carboxylic acids is 1. The molecule has 0 aliphatic carbocycles. The van der Waals surface area contributed by atoms with E-state index >= 15 is 0 Å². The summed E-state index contributed by atoms with van der Waals surface area (Å²) in [6, 6.07) is 3.61. The maximum absolute atomic E-state index is 10.4. The van der Waals surface area contributed by atoms with Gasteiger partial charge in [0.15, 0.2) is 0 Å². The van der Waals surface area contributed by atoms with Crippen LogP contribution in [-0.4, -0.2) is 12.1 Å². The van der Waals surface area contributed by atoms with Crippen LogP contribution in [0.25, 0.3) is 0 Å². The number of rotatable bonds is 3. The van der Waals surface area contributed by atoms with Crippen LogP contribution in [0.3, 0.4) is 0 Å².